The largest absolute Gasteiger partial charge is 0.506 e. The van der Waals surface area contributed by atoms with Crippen LogP contribution in [-0.2, 0) is 14.8 Å². The van der Waals surface area contributed by atoms with E-state index in [1.807, 2.05) is 24.3 Å². The topological polar surface area (TPSA) is 148 Å². The maximum Gasteiger partial charge on any atom is 0.290 e. The van der Waals surface area contributed by atoms with Gasteiger partial charge in [0, 0.05) is 31.4 Å². The molecule has 0 aliphatic carbocycles. The highest BCUT2D eigenvalue weighted by Crippen LogP contribution is 2.29. The zero-order valence-corrected chi connectivity index (χ0v) is 21.2. The lowest BCUT2D eigenvalue weighted by atomic mass is 10.0. The predicted molar refractivity (Wildman–Crippen MR) is 140 cm³/mol. The molecule has 2 saturated heterocycles. The van der Waals surface area contributed by atoms with Crippen molar-refractivity contribution in [3.05, 3.63) is 58.5 Å². The molecule has 5 N–H and O–H groups in total. The van der Waals surface area contributed by atoms with Crippen LogP contribution in [0, 0.1) is 0 Å². The van der Waals surface area contributed by atoms with E-state index >= 15 is 0 Å². The van der Waals surface area contributed by atoms with Crippen LogP contribution in [0.1, 0.15) is 30.1 Å². The van der Waals surface area contributed by atoms with Gasteiger partial charge in [-0.3, -0.25) is 19.6 Å². The number of hydrogen-bond donors (Lipinski definition) is 5. The van der Waals surface area contributed by atoms with Gasteiger partial charge in [0.2, 0.25) is 10.0 Å². The summed E-state index contributed by atoms with van der Waals surface area (Å²) < 4.78 is 25.2. The molecule has 1 unspecified atom stereocenters. The number of imide groups is 1. The second-order valence-corrected chi connectivity index (χ2v) is 11.5. The number of nitrogens with one attached hydrogen (secondary N) is 3. The molecule has 2 aromatic carbocycles. The highest BCUT2D eigenvalue weighted by atomic mass is 32.2. The third kappa shape index (κ3) is 6.78. The third-order valence-electron chi connectivity index (χ3n) is 5.99. The first-order valence-electron chi connectivity index (χ1n) is 11.4. The Morgan fingerprint density at radius 3 is 2.47 bits per heavy atom. The smallest absolute Gasteiger partial charge is 0.290 e. The standard InChI is InChI=1S/C24H28N4O6S2/c1-36(33,34)27-19-13-16(4-7-20(19)29)21(30)14-25-17-8-10-28(11-9-17)18-5-2-15(3-6-18)12-22-23(31)26-24(32)35-22/h2-7,12-13,17,21,25,27,29-30H,8-11,14H2,1H3,(H,26,31,32). The minimum absolute atomic E-state index is 0.0309. The molecular formula is C24H28N4O6S2. The normalized spacial score (nSPS) is 18.9. The number of thioether (sulfide) groups is 1. The fraction of sp³-hybridized carbons (Fsp3) is 0.333. The number of rotatable bonds is 8. The molecule has 4 rings (SSSR count). The fourth-order valence-corrected chi connectivity index (χ4v) is 5.38. The quantitative estimate of drug-likeness (QED) is 0.255. The molecule has 0 saturated carbocycles. The molecule has 10 nitrogen and oxygen atoms in total. The highest BCUT2D eigenvalue weighted by Gasteiger charge is 2.25. The van der Waals surface area contributed by atoms with Gasteiger partial charge in [-0.05, 0) is 66.1 Å². The van der Waals surface area contributed by atoms with Gasteiger partial charge in [-0.2, -0.15) is 0 Å². The summed E-state index contributed by atoms with van der Waals surface area (Å²) in [5.41, 5.74) is 2.45. The summed E-state index contributed by atoms with van der Waals surface area (Å²) in [5.74, 6) is -0.579. The van der Waals surface area contributed by atoms with Crippen LogP contribution >= 0.6 is 11.8 Å². The van der Waals surface area contributed by atoms with Gasteiger partial charge in [-0.25, -0.2) is 8.42 Å². The summed E-state index contributed by atoms with van der Waals surface area (Å²) in [7, 11) is -3.56. The van der Waals surface area contributed by atoms with E-state index in [4.69, 9.17) is 0 Å². The Balaban J connectivity index is 1.27. The van der Waals surface area contributed by atoms with Gasteiger partial charge >= 0.3 is 0 Å². The average molecular weight is 533 g/mol. The molecule has 12 heteroatoms. The van der Waals surface area contributed by atoms with Gasteiger partial charge in [0.1, 0.15) is 5.75 Å². The lowest BCUT2D eigenvalue weighted by Gasteiger charge is -2.34. The Labute approximate surface area is 213 Å². The first kappa shape index (κ1) is 26.0. The summed E-state index contributed by atoms with van der Waals surface area (Å²) in [6.45, 7) is 1.97. The highest BCUT2D eigenvalue weighted by molar-refractivity contribution is 8.18. The molecule has 0 spiro atoms. The molecule has 2 aliphatic rings. The maximum atomic E-state index is 11.7. The molecule has 0 radical (unpaired) electrons. The average Bonchev–Trinajstić information content (AvgIpc) is 3.15. The molecule has 2 amide bonds. The van der Waals surface area contributed by atoms with Gasteiger partial charge in [0.15, 0.2) is 0 Å². The lowest BCUT2D eigenvalue weighted by Crippen LogP contribution is -2.43. The molecular weight excluding hydrogens is 504 g/mol. The Morgan fingerprint density at radius 1 is 1.17 bits per heavy atom. The minimum Gasteiger partial charge on any atom is -0.506 e. The Kier molecular flexibility index (Phi) is 7.88. The summed E-state index contributed by atoms with van der Waals surface area (Å²) in [6.07, 6.45) is 3.60. The van der Waals surface area contributed by atoms with E-state index < -0.39 is 16.1 Å². The van der Waals surface area contributed by atoms with Crippen LogP contribution in [-0.4, -0.2) is 61.7 Å². The third-order valence-corrected chi connectivity index (χ3v) is 7.39. The number of carbonyl (C=O) groups is 2. The zero-order chi connectivity index (χ0) is 25.9. The van der Waals surface area contributed by atoms with E-state index in [1.54, 1.807) is 12.1 Å². The molecule has 0 aromatic heterocycles. The zero-order valence-electron chi connectivity index (χ0n) is 19.6. The van der Waals surface area contributed by atoms with Crippen LogP contribution in [0.5, 0.6) is 5.75 Å². The van der Waals surface area contributed by atoms with E-state index in [-0.39, 0.29) is 28.6 Å². The Hall–Kier alpha value is -3.06. The van der Waals surface area contributed by atoms with Crippen LogP contribution in [0.2, 0.25) is 0 Å². The minimum atomic E-state index is -3.56. The number of anilines is 2. The molecule has 1 atom stereocenters. The number of aliphatic hydroxyl groups excluding tert-OH is 1. The number of aromatic hydroxyl groups is 1. The van der Waals surface area contributed by atoms with Crippen molar-refractivity contribution in [2.45, 2.75) is 25.0 Å². The van der Waals surface area contributed by atoms with Gasteiger partial charge in [0.25, 0.3) is 11.1 Å². The van der Waals surface area contributed by atoms with Crippen molar-refractivity contribution in [1.82, 2.24) is 10.6 Å². The molecule has 2 fully saturated rings. The molecule has 36 heavy (non-hydrogen) atoms. The maximum absolute atomic E-state index is 11.7. The molecule has 2 aromatic rings. The number of sulfonamides is 1. The van der Waals surface area contributed by atoms with Crippen molar-refractivity contribution >= 4 is 50.4 Å². The monoisotopic (exact) mass is 532 g/mol. The molecule has 192 valence electrons. The van der Waals surface area contributed by atoms with Crippen LogP contribution in [0.4, 0.5) is 16.2 Å². The molecule has 2 aliphatic heterocycles. The number of phenolic OH excluding ortho intramolecular Hbond substituents is 1. The first-order valence-corrected chi connectivity index (χ1v) is 14.1. The fourth-order valence-electron chi connectivity index (χ4n) is 4.13. The number of amides is 2. The lowest BCUT2D eigenvalue weighted by molar-refractivity contribution is -0.115. The second kappa shape index (κ2) is 10.9. The summed E-state index contributed by atoms with van der Waals surface area (Å²) >= 11 is 0.897. The van der Waals surface area contributed by atoms with Gasteiger partial charge < -0.3 is 20.4 Å². The van der Waals surface area contributed by atoms with Gasteiger partial charge in [-0.1, -0.05) is 18.2 Å². The number of aliphatic hydroxyl groups is 1. The van der Waals surface area contributed by atoms with Crippen LogP contribution in [0.25, 0.3) is 6.08 Å². The molecule has 0 bridgehead atoms. The Bertz CT molecular complexity index is 1270. The summed E-state index contributed by atoms with van der Waals surface area (Å²) in [4.78, 5) is 25.7. The van der Waals surface area contributed by atoms with E-state index in [1.165, 1.54) is 12.1 Å². The van der Waals surface area contributed by atoms with Crippen molar-refractivity contribution in [2.24, 2.45) is 0 Å². The van der Waals surface area contributed by atoms with Crippen LogP contribution < -0.4 is 20.3 Å². The number of piperidine rings is 1. The van der Waals surface area contributed by atoms with E-state index in [9.17, 15) is 28.2 Å². The molecule has 2 heterocycles. The van der Waals surface area contributed by atoms with Crippen molar-refractivity contribution in [3.8, 4) is 5.75 Å². The van der Waals surface area contributed by atoms with E-state index in [0.717, 1.165) is 55.2 Å². The SMILES string of the molecule is CS(=O)(=O)Nc1cc(C(O)CNC2CCN(c3ccc(C=C4SC(=O)NC4=O)cc3)CC2)ccc1O. The van der Waals surface area contributed by atoms with Crippen LogP contribution in [0.15, 0.2) is 47.4 Å². The Morgan fingerprint density at radius 2 is 1.86 bits per heavy atom. The summed E-state index contributed by atoms with van der Waals surface area (Å²) in [5, 5.41) is 25.7. The second-order valence-electron chi connectivity index (χ2n) is 8.78. The van der Waals surface area contributed by atoms with Crippen LogP contribution in [0.3, 0.4) is 0 Å². The van der Waals surface area contributed by atoms with E-state index in [0.29, 0.717) is 17.0 Å². The van der Waals surface area contributed by atoms with E-state index in [2.05, 4.69) is 20.3 Å². The number of hydrogen-bond acceptors (Lipinski definition) is 9. The number of carbonyl (C=O) groups excluding carboxylic acids is 2. The van der Waals surface area contributed by atoms with Crippen molar-refractivity contribution in [1.29, 1.82) is 0 Å². The number of nitrogens with zero attached hydrogens (tertiary/aromatic N) is 1. The van der Waals surface area contributed by atoms with Crippen molar-refractivity contribution in [3.63, 3.8) is 0 Å². The van der Waals surface area contributed by atoms with Crippen molar-refractivity contribution in [2.75, 3.05) is 35.5 Å². The predicted octanol–water partition coefficient (Wildman–Crippen LogP) is 2.38. The first-order chi connectivity index (χ1) is 17.1. The number of benzene rings is 2. The number of phenols is 1. The van der Waals surface area contributed by atoms with Gasteiger partial charge in [0.05, 0.1) is 23.0 Å². The van der Waals surface area contributed by atoms with Crippen molar-refractivity contribution < 1.29 is 28.2 Å². The summed E-state index contributed by atoms with van der Waals surface area (Å²) in [6, 6.07) is 12.4. The van der Waals surface area contributed by atoms with Gasteiger partial charge in [-0.15, -0.1) is 0 Å².